The van der Waals surface area contributed by atoms with Gasteiger partial charge in [0.25, 0.3) is 0 Å². The summed E-state index contributed by atoms with van der Waals surface area (Å²) in [6, 6.07) is 11.2. The average molecular weight is 627 g/mol. The van der Waals surface area contributed by atoms with Crippen molar-refractivity contribution in [3.8, 4) is 12.1 Å². The lowest BCUT2D eigenvalue weighted by Gasteiger charge is -2.11. The number of hydrogen-bond acceptors (Lipinski definition) is 8. The summed E-state index contributed by atoms with van der Waals surface area (Å²) in [7, 11) is -7.11. The van der Waals surface area contributed by atoms with Crippen LogP contribution in [0.2, 0.25) is 6.04 Å². The Morgan fingerprint density at radius 1 is 0.773 bits per heavy atom. The summed E-state index contributed by atoms with van der Waals surface area (Å²) >= 11 is 0. The molecule has 3 aromatic rings. The van der Waals surface area contributed by atoms with E-state index in [9.17, 15) is 10.5 Å². The second-order valence-electron chi connectivity index (χ2n) is 9.56. The number of aryl methyl sites for hydroxylation is 2. The van der Waals surface area contributed by atoms with Gasteiger partial charge in [-0.2, -0.15) is 10.5 Å². The minimum absolute atomic E-state index is 0.0142. The van der Waals surface area contributed by atoms with Crippen LogP contribution in [0, 0.1) is 35.8 Å². The third-order valence-corrected chi connectivity index (χ3v) is 8.00. The molecule has 44 heavy (non-hydrogen) atoms. The van der Waals surface area contributed by atoms with E-state index >= 15 is 0 Å². The first kappa shape index (κ1) is 33.7. The highest BCUT2D eigenvalue weighted by Gasteiger charge is 2.26. The maximum Gasteiger partial charge on any atom is 0.492 e. The van der Waals surface area contributed by atoms with Gasteiger partial charge < -0.3 is 28.4 Å². The van der Waals surface area contributed by atoms with Gasteiger partial charge >= 0.3 is 18.3 Å². The largest absolute Gasteiger partial charge is 0.492 e. The molecule has 0 amide bonds. The van der Waals surface area contributed by atoms with Crippen LogP contribution in [0.4, 0.5) is 11.4 Å². The molecule has 1 aromatic carbocycles. The quantitative estimate of drug-likeness (QED) is 0.0827. The van der Waals surface area contributed by atoms with E-state index in [4.69, 9.17) is 41.5 Å². The summed E-state index contributed by atoms with van der Waals surface area (Å²) in [5.41, 5.74) is 1.75. The van der Waals surface area contributed by atoms with Gasteiger partial charge in [-0.25, -0.2) is 18.8 Å². The summed E-state index contributed by atoms with van der Waals surface area (Å²) in [6.07, 6.45) is 14.6. The molecule has 0 aliphatic heterocycles. The van der Waals surface area contributed by atoms with Crippen molar-refractivity contribution in [2.75, 3.05) is 6.61 Å². The van der Waals surface area contributed by atoms with Crippen LogP contribution in [0.15, 0.2) is 49.1 Å². The molecule has 14 heteroatoms. The molecule has 3 rings (SSSR count). The molecule has 2 aromatic heterocycles. The summed E-state index contributed by atoms with van der Waals surface area (Å²) in [6.45, 7) is 16.9. The molecule has 0 unspecified atom stereocenters. The Kier molecular flexibility index (Phi) is 12.3. The second kappa shape index (κ2) is 16.1. The van der Waals surface area contributed by atoms with Crippen molar-refractivity contribution in [1.29, 1.82) is 10.5 Å². The zero-order valence-electron chi connectivity index (χ0n) is 23.6. The van der Waals surface area contributed by atoms with Crippen LogP contribution in [-0.2, 0) is 17.5 Å². The number of pyridine rings is 2. The van der Waals surface area contributed by atoms with Crippen molar-refractivity contribution in [2.24, 2.45) is 0 Å². The van der Waals surface area contributed by atoms with E-state index in [2.05, 4.69) is 9.69 Å². The maximum atomic E-state index is 10.0. The van der Waals surface area contributed by atoms with Crippen molar-refractivity contribution in [3.05, 3.63) is 105 Å². The molecule has 222 valence electrons. The van der Waals surface area contributed by atoms with Crippen molar-refractivity contribution in [1.82, 2.24) is 0 Å². The molecule has 2 heterocycles. The molecular weight excluding hydrogens is 597 g/mol. The first-order chi connectivity index (χ1) is 21.1. The topological polar surface area (TPSA) is 174 Å². The molecule has 0 saturated carbocycles. The second-order valence-corrected chi connectivity index (χ2v) is 12.6. The van der Waals surface area contributed by atoms with Gasteiger partial charge in [0.15, 0.2) is 31.3 Å². The highest BCUT2D eigenvalue weighted by molar-refractivity contribution is 6.56. The van der Waals surface area contributed by atoms with Crippen LogP contribution < -0.4 is 9.13 Å². The van der Waals surface area contributed by atoms with E-state index in [-0.39, 0.29) is 46.3 Å². The van der Waals surface area contributed by atoms with Gasteiger partial charge in [-0.3, -0.25) is 0 Å². The molecular formula is C30H30N6O6Si2+2. The molecule has 0 bridgehead atoms. The van der Waals surface area contributed by atoms with E-state index < -0.39 is 18.3 Å². The van der Waals surface area contributed by atoms with Crippen LogP contribution in [-0.4, -0.2) is 48.9 Å². The van der Waals surface area contributed by atoms with Crippen molar-refractivity contribution in [2.45, 2.75) is 32.0 Å². The Balaban J connectivity index is 1.88. The Bertz CT molecular complexity index is 1640. The number of hydrogen-bond donors (Lipinski definition) is 5. The third-order valence-electron chi connectivity index (χ3n) is 6.44. The van der Waals surface area contributed by atoms with Gasteiger partial charge in [0.05, 0.1) is 36.4 Å². The van der Waals surface area contributed by atoms with E-state index in [0.717, 1.165) is 11.1 Å². The molecule has 5 N–H and O–H groups in total. The fourth-order valence-corrected chi connectivity index (χ4v) is 5.31. The number of nitriles is 2. The summed E-state index contributed by atoms with van der Waals surface area (Å²) in [5, 5.41) is 20.0. The minimum atomic E-state index is -4.08. The zero-order valence-corrected chi connectivity index (χ0v) is 25.7. The first-order valence-corrected chi connectivity index (χ1v) is 16.9. The molecule has 0 saturated heterocycles. The van der Waals surface area contributed by atoms with Crippen molar-refractivity contribution >= 4 is 54.0 Å². The minimum Gasteiger partial charge on any atom is -0.392 e. The van der Waals surface area contributed by atoms with Crippen LogP contribution in [0.25, 0.3) is 34.0 Å². The summed E-state index contributed by atoms with van der Waals surface area (Å²) < 4.78 is 8.54. The van der Waals surface area contributed by atoms with E-state index in [1.165, 1.54) is 0 Å². The summed E-state index contributed by atoms with van der Waals surface area (Å²) in [4.78, 5) is 52.4. The highest BCUT2D eigenvalue weighted by atomic mass is 28.4. The van der Waals surface area contributed by atoms with Gasteiger partial charge in [0.1, 0.15) is 6.54 Å². The molecule has 0 atom stereocenters. The Morgan fingerprint density at radius 3 is 1.64 bits per heavy atom. The predicted molar refractivity (Wildman–Crippen MR) is 164 cm³/mol. The predicted octanol–water partition coefficient (Wildman–Crippen LogP) is 1.86. The van der Waals surface area contributed by atoms with Gasteiger partial charge in [-0.15, -0.1) is 0 Å². The lowest BCUT2D eigenvalue weighted by Crippen LogP contribution is -2.38. The van der Waals surface area contributed by atoms with Crippen molar-refractivity contribution < 1.29 is 37.5 Å². The van der Waals surface area contributed by atoms with Gasteiger partial charge in [-0.05, 0) is 22.3 Å². The first-order valence-electron chi connectivity index (χ1n) is 13.4. The van der Waals surface area contributed by atoms with Gasteiger partial charge in [0.2, 0.25) is 11.4 Å². The lowest BCUT2D eigenvalue weighted by molar-refractivity contribution is -0.697. The molecule has 0 fully saturated rings. The molecule has 0 spiro atoms. The van der Waals surface area contributed by atoms with E-state index in [0.29, 0.717) is 25.9 Å². The Morgan fingerprint density at radius 2 is 1.23 bits per heavy atom. The third kappa shape index (κ3) is 9.59. The lowest BCUT2D eigenvalue weighted by atomic mass is 9.92. The summed E-state index contributed by atoms with van der Waals surface area (Å²) in [5.74, 6) is 0. The van der Waals surface area contributed by atoms with E-state index in [1.54, 1.807) is 48.8 Å². The maximum absolute atomic E-state index is 10.0. The molecule has 0 aliphatic rings. The van der Waals surface area contributed by atoms with Gasteiger partial charge in [-0.1, -0.05) is 24.3 Å². The average Bonchev–Trinajstić information content (AvgIpc) is 3.00. The number of nitrogens with zero attached hydrogens (tertiary/aromatic N) is 6. The zero-order chi connectivity index (χ0) is 32.1. The number of aromatic nitrogens is 2. The fraction of sp³-hybridized carbons (Fsp3) is 0.200. The van der Waals surface area contributed by atoms with Crippen LogP contribution >= 0.6 is 0 Å². The molecule has 12 nitrogen and oxygen atoms in total. The fourth-order valence-electron chi connectivity index (χ4n) is 4.30. The number of benzene rings is 1. The van der Waals surface area contributed by atoms with Crippen LogP contribution in [0.1, 0.15) is 46.2 Å². The van der Waals surface area contributed by atoms with E-state index in [1.807, 2.05) is 45.8 Å². The molecule has 0 aliphatic carbocycles. The normalized spacial score (nSPS) is 11.4. The Labute approximate surface area is 257 Å². The molecule has 0 radical (unpaired) electrons. The monoisotopic (exact) mass is 626 g/mol. The highest BCUT2D eigenvalue weighted by Crippen LogP contribution is 2.41. The number of rotatable bonds is 13. The standard InChI is InChI=1S/C30H30N6O6Si2/c1-33-29-26(8-6-24-9-15-35(16-10-24)13-3-19-42-43(37)38)30(34-2)28(22-32)25(27(29)21-31)7-5-23-11-17-36(18-12-23)14-4-20-44(39,40)41/h5-12,15-18,37-41,43H,3-4,13-14,19-20H2/q+2/b7-5+,8-6+. The van der Waals surface area contributed by atoms with Crippen molar-refractivity contribution in [3.63, 3.8) is 0 Å². The van der Waals surface area contributed by atoms with Crippen LogP contribution in [0.5, 0.6) is 0 Å². The SMILES string of the molecule is [C-]#[N+]c1c(C#N)c(/C=C/c2cc[n+](CCC[Si](O)(O)O)cc2)c(C#N)c([N+]#[C-])c1/C=C/c1cc[n+](CCCO[SiH](O)O)cc1. The van der Waals surface area contributed by atoms with Crippen LogP contribution in [0.3, 0.4) is 0 Å². The van der Waals surface area contributed by atoms with Gasteiger partial charge in [0, 0.05) is 49.8 Å². The smallest absolute Gasteiger partial charge is 0.392 e. The Hall–Kier alpha value is -4.85.